The normalized spacial score (nSPS) is 16.8. The van der Waals surface area contributed by atoms with Crippen molar-refractivity contribution < 1.29 is 4.79 Å². The standard InChI is InChI=1S/C20H28N4O.ClH/c1-3-4-6-16-8-10-17(11-9-16)23(2)20(25)19-12-14-24(22-19)18-7-5-13-21-15-18;/h8-12,14,18,21H,3-7,13,15H2,1-2H3;1H. The molecule has 1 aromatic carbocycles. The van der Waals surface area contributed by atoms with Crippen LogP contribution in [0.1, 0.15) is 54.7 Å². The van der Waals surface area contributed by atoms with E-state index in [1.165, 1.54) is 18.4 Å². The third-order valence-corrected chi connectivity index (χ3v) is 4.92. The van der Waals surface area contributed by atoms with E-state index in [4.69, 9.17) is 0 Å². The zero-order chi connectivity index (χ0) is 17.6. The molecule has 1 aromatic heterocycles. The number of amides is 1. The second kappa shape index (κ2) is 9.74. The molecule has 1 fully saturated rings. The van der Waals surface area contributed by atoms with Crippen LogP contribution in [0.5, 0.6) is 0 Å². The average molecular weight is 377 g/mol. The van der Waals surface area contributed by atoms with Gasteiger partial charge in [0, 0.05) is 25.5 Å². The minimum atomic E-state index is -0.0659. The minimum absolute atomic E-state index is 0. The summed E-state index contributed by atoms with van der Waals surface area (Å²) in [6.45, 7) is 4.19. The van der Waals surface area contributed by atoms with Crippen LogP contribution < -0.4 is 10.2 Å². The molecule has 1 amide bonds. The summed E-state index contributed by atoms with van der Waals surface area (Å²) in [5.74, 6) is -0.0659. The molecule has 1 N–H and O–H groups in total. The van der Waals surface area contributed by atoms with E-state index in [1.807, 2.05) is 36.1 Å². The monoisotopic (exact) mass is 376 g/mol. The number of anilines is 1. The number of benzene rings is 1. The summed E-state index contributed by atoms with van der Waals surface area (Å²) in [7, 11) is 1.81. The van der Waals surface area contributed by atoms with Crippen LogP contribution in [0.15, 0.2) is 36.5 Å². The molecule has 26 heavy (non-hydrogen) atoms. The first kappa shape index (κ1) is 20.5. The topological polar surface area (TPSA) is 50.2 Å². The quantitative estimate of drug-likeness (QED) is 0.833. The van der Waals surface area contributed by atoms with Crippen LogP contribution in [0, 0.1) is 0 Å². The number of nitrogens with one attached hydrogen (secondary N) is 1. The molecule has 0 aliphatic carbocycles. The number of halogens is 1. The van der Waals surface area contributed by atoms with Crippen molar-refractivity contribution in [2.75, 3.05) is 25.0 Å². The van der Waals surface area contributed by atoms with Gasteiger partial charge in [0.1, 0.15) is 0 Å². The van der Waals surface area contributed by atoms with Crippen LogP contribution in [-0.4, -0.2) is 35.8 Å². The molecular weight excluding hydrogens is 348 g/mol. The fourth-order valence-corrected chi connectivity index (χ4v) is 3.27. The fraction of sp³-hybridized carbons (Fsp3) is 0.500. The summed E-state index contributed by atoms with van der Waals surface area (Å²) in [4.78, 5) is 14.4. The van der Waals surface area contributed by atoms with Crippen molar-refractivity contribution in [2.24, 2.45) is 0 Å². The molecule has 0 radical (unpaired) electrons. The maximum Gasteiger partial charge on any atom is 0.278 e. The molecule has 3 rings (SSSR count). The number of unbranched alkanes of at least 4 members (excludes halogenated alkanes) is 1. The maximum atomic E-state index is 12.7. The Morgan fingerprint density at radius 1 is 1.31 bits per heavy atom. The number of hydrogen-bond donors (Lipinski definition) is 1. The highest BCUT2D eigenvalue weighted by molar-refractivity contribution is 6.04. The number of aromatic nitrogens is 2. The Bertz CT molecular complexity index is 692. The summed E-state index contributed by atoms with van der Waals surface area (Å²) in [5, 5.41) is 7.91. The Kier molecular flexibility index (Phi) is 7.66. The average Bonchev–Trinajstić information content (AvgIpc) is 3.16. The number of carbonyl (C=O) groups excluding carboxylic acids is 1. The van der Waals surface area contributed by atoms with Gasteiger partial charge in [-0.3, -0.25) is 9.48 Å². The van der Waals surface area contributed by atoms with E-state index in [9.17, 15) is 4.79 Å². The van der Waals surface area contributed by atoms with Gasteiger partial charge in [-0.05, 0) is 56.0 Å². The van der Waals surface area contributed by atoms with Crippen molar-refractivity contribution in [2.45, 2.75) is 45.1 Å². The highest BCUT2D eigenvalue weighted by Crippen LogP contribution is 2.19. The molecule has 1 saturated heterocycles. The molecule has 0 bridgehead atoms. The lowest BCUT2D eigenvalue weighted by molar-refractivity contribution is 0.0987. The number of nitrogens with zero attached hydrogens (tertiary/aromatic N) is 3. The Morgan fingerprint density at radius 2 is 2.08 bits per heavy atom. The van der Waals surface area contributed by atoms with Crippen molar-refractivity contribution >= 4 is 24.0 Å². The second-order valence-corrected chi connectivity index (χ2v) is 6.82. The van der Waals surface area contributed by atoms with E-state index < -0.39 is 0 Å². The largest absolute Gasteiger partial charge is 0.315 e. The van der Waals surface area contributed by atoms with E-state index in [1.54, 1.807) is 4.90 Å². The van der Waals surface area contributed by atoms with Gasteiger partial charge in [-0.25, -0.2) is 0 Å². The van der Waals surface area contributed by atoms with Crippen molar-refractivity contribution in [1.82, 2.24) is 15.1 Å². The van der Waals surface area contributed by atoms with Crippen LogP contribution in [0.2, 0.25) is 0 Å². The van der Waals surface area contributed by atoms with Gasteiger partial charge in [0.15, 0.2) is 5.69 Å². The van der Waals surface area contributed by atoms with E-state index in [0.717, 1.165) is 38.0 Å². The number of rotatable bonds is 6. The van der Waals surface area contributed by atoms with Gasteiger partial charge in [0.25, 0.3) is 5.91 Å². The predicted molar refractivity (Wildman–Crippen MR) is 108 cm³/mol. The Hall–Kier alpha value is -1.85. The van der Waals surface area contributed by atoms with Crippen molar-refractivity contribution in [3.63, 3.8) is 0 Å². The van der Waals surface area contributed by atoms with Gasteiger partial charge in [0.05, 0.1) is 6.04 Å². The smallest absolute Gasteiger partial charge is 0.278 e. The van der Waals surface area contributed by atoms with Gasteiger partial charge in [-0.15, -0.1) is 12.4 Å². The zero-order valence-corrected chi connectivity index (χ0v) is 16.5. The van der Waals surface area contributed by atoms with E-state index in [-0.39, 0.29) is 18.3 Å². The zero-order valence-electron chi connectivity index (χ0n) is 15.6. The summed E-state index contributed by atoms with van der Waals surface area (Å²) in [6.07, 6.45) is 7.66. The molecule has 1 aliphatic heterocycles. The third-order valence-electron chi connectivity index (χ3n) is 4.92. The Morgan fingerprint density at radius 3 is 2.73 bits per heavy atom. The first-order valence-electron chi connectivity index (χ1n) is 9.32. The van der Waals surface area contributed by atoms with Gasteiger partial charge in [-0.2, -0.15) is 5.10 Å². The number of carbonyl (C=O) groups is 1. The lowest BCUT2D eigenvalue weighted by Crippen LogP contribution is -2.32. The van der Waals surface area contributed by atoms with Gasteiger partial charge in [0.2, 0.25) is 0 Å². The van der Waals surface area contributed by atoms with E-state index >= 15 is 0 Å². The molecule has 6 heteroatoms. The number of hydrogen-bond acceptors (Lipinski definition) is 3. The molecule has 1 unspecified atom stereocenters. The molecular formula is C20H29ClN4O. The van der Waals surface area contributed by atoms with Crippen molar-refractivity contribution in [1.29, 1.82) is 0 Å². The van der Waals surface area contributed by atoms with E-state index in [0.29, 0.717) is 11.7 Å². The third kappa shape index (κ3) is 4.86. The number of aryl methyl sites for hydroxylation is 1. The number of piperidine rings is 1. The van der Waals surface area contributed by atoms with Gasteiger partial charge in [-0.1, -0.05) is 25.5 Å². The van der Waals surface area contributed by atoms with Gasteiger partial charge >= 0.3 is 0 Å². The molecule has 1 aliphatic rings. The molecule has 5 nitrogen and oxygen atoms in total. The fourth-order valence-electron chi connectivity index (χ4n) is 3.27. The molecule has 0 saturated carbocycles. The SMILES string of the molecule is CCCCc1ccc(N(C)C(=O)c2ccn(C3CCCNC3)n2)cc1.Cl. The lowest BCUT2D eigenvalue weighted by Gasteiger charge is -2.23. The summed E-state index contributed by atoms with van der Waals surface area (Å²) in [5.41, 5.74) is 2.72. The Balaban J connectivity index is 0.00000243. The van der Waals surface area contributed by atoms with Crippen LogP contribution in [0.25, 0.3) is 0 Å². The highest BCUT2D eigenvalue weighted by atomic mass is 35.5. The molecule has 2 heterocycles. The van der Waals surface area contributed by atoms with Crippen LogP contribution >= 0.6 is 12.4 Å². The van der Waals surface area contributed by atoms with Crippen LogP contribution in [0.4, 0.5) is 5.69 Å². The van der Waals surface area contributed by atoms with Gasteiger partial charge < -0.3 is 10.2 Å². The first-order chi connectivity index (χ1) is 12.2. The van der Waals surface area contributed by atoms with Crippen LogP contribution in [0.3, 0.4) is 0 Å². The predicted octanol–water partition coefficient (Wildman–Crippen LogP) is 3.85. The molecule has 1 atom stereocenters. The molecule has 142 valence electrons. The summed E-state index contributed by atoms with van der Waals surface area (Å²) >= 11 is 0. The second-order valence-electron chi connectivity index (χ2n) is 6.82. The summed E-state index contributed by atoms with van der Waals surface area (Å²) < 4.78 is 1.93. The van der Waals surface area contributed by atoms with Crippen molar-refractivity contribution in [3.05, 3.63) is 47.8 Å². The summed E-state index contributed by atoms with van der Waals surface area (Å²) in [6, 6.07) is 10.4. The minimum Gasteiger partial charge on any atom is -0.315 e. The molecule has 2 aromatic rings. The first-order valence-corrected chi connectivity index (χ1v) is 9.32. The highest BCUT2D eigenvalue weighted by Gasteiger charge is 2.20. The molecule has 0 spiro atoms. The maximum absolute atomic E-state index is 12.7. The van der Waals surface area contributed by atoms with Crippen LogP contribution in [-0.2, 0) is 6.42 Å². The Labute approximate surface area is 162 Å². The van der Waals surface area contributed by atoms with E-state index in [2.05, 4.69) is 29.5 Å². The lowest BCUT2D eigenvalue weighted by atomic mass is 10.1. The van der Waals surface area contributed by atoms with Crippen molar-refractivity contribution in [3.8, 4) is 0 Å².